The molecule has 1 aromatic rings. The van der Waals surface area contributed by atoms with Crippen molar-refractivity contribution in [3.05, 3.63) is 24.5 Å². The molecule has 2 heterocycles. The molecule has 1 unspecified atom stereocenters. The monoisotopic (exact) mass is 277 g/mol. The lowest BCUT2D eigenvalue weighted by Crippen LogP contribution is -2.37. The first-order valence-electron chi connectivity index (χ1n) is 5.31. The molecule has 17 heavy (non-hydrogen) atoms. The molecule has 1 aliphatic rings. The molecule has 1 aromatic heterocycles. The van der Waals surface area contributed by atoms with Crippen LogP contribution in [0.2, 0.25) is 0 Å². The van der Waals surface area contributed by atoms with Gasteiger partial charge in [0, 0.05) is 25.0 Å². The first-order chi connectivity index (χ1) is 7.68. The average molecular weight is 278 g/mol. The van der Waals surface area contributed by atoms with E-state index in [1.54, 1.807) is 12.3 Å². The van der Waals surface area contributed by atoms with E-state index in [4.69, 9.17) is 0 Å². The van der Waals surface area contributed by atoms with E-state index in [2.05, 4.69) is 15.0 Å². The number of nitrogens with one attached hydrogen (secondary N) is 2. The SMILES string of the molecule is Cl.O=S(=O)(NCC1CCCN1)c1cccnc1. The molecule has 96 valence electrons. The minimum Gasteiger partial charge on any atom is -0.313 e. The summed E-state index contributed by atoms with van der Waals surface area (Å²) in [6, 6.07) is 3.41. The van der Waals surface area contributed by atoms with Crippen LogP contribution in [0.25, 0.3) is 0 Å². The molecule has 7 heteroatoms. The molecule has 0 spiro atoms. The summed E-state index contributed by atoms with van der Waals surface area (Å²) in [4.78, 5) is 4.01. The summed E-state index contributed by atoms with van der Waals surface area (Å²) in [5.74, 6) is 0. The lowest BCUT2D eigenvalue weighted by atomic mass is 10.2. The lowest BCUT2D eigenvalue weighted by molar-refractivity contribution is 0.551. The molecular weight excluding hydrogens is 262 g/mol. The molecule has 1 saturated heterocycles. The van der Waals surface area contributed by atoms with E-state index < -0.39 is 10.0 Å². The summed E-state index contributed by atoms with van der Waals surface area (Å²) < 4.78 is 26.2. The number of rotatable bonds is 4. The van der Waals surface area contributed by atoms with Gasteiger partial charge in [-0.15, -0.1) is 12.4 Å². The van der Waals surface area contributed by atoms with Gasteiger partial charge in [-0.25, -0.2) is 13.1 Å². The number of nitrogens with zero attached hydrogens (tertiary/aromatic N) is 1. The minimum atomic E-state index is -3.40. The van der Waals surface area contributed by atoms with Gasteiger partial charge in [-0.05, 0) is 31.5 Å². The highest BCUT2D eigenvalue weighted by molar-refractivity contribution is 7.89. The van der Waals surface area contributed by atoms with Gasteiger partial charge in [0.25, 0.3) is 0 Å². The summed E-state index contributed by atoms with van der Waals surface area (Å²) in [7, 11) is -3.40. The van der Waals surface area contributed by atoms with E-state index in [-0.39, 0.29) is 23.3 Å². The molecule has 0 amide bonds. The molecule has 1 fully saturated rings. The summed E-state index contributed by atoms with van der Waals surface area (Å²) in [6.45, 7) is 1.41. The molecule has 0 aliphatic carbocycles. The first kappa shape index (κ1) is 14.4. The minimum absolute atomic E-state index is 0. The maximum atomic E-state index is 11.8. The second-order valence-corrected chi connectivity index (χ2v) is 5.60. The van der Waals surface area contributed by atoms with Gasteiger partial charge in [-0.2, -0.15) is 0 Å². The third kappa shape index (κ3) is 3.92. The largest absolute Gasteiger partial charge is 0.313 e. The molecule has 1 aliphatic heterocycles. The van der Waals surface area contributed by atoms with Crippen molar-refractivity contribution in [1.29, 1.82) is 0 Å². The molecule has 2 N–H and O–H groups in total. The fourth-order valence-corrected chi connectivity index (χ4v) is 2.78. The Morgan fingerprint density at radius 3 is 2.94 bits per heavy atom. The van der Waals surface area contributed by atoms with Crippen molar-refractivity contribution in [2.75, 3.05) is 13.1 Å². The lowest BCUT2D eigenvalue weighted by Gasteiger charge is -2.11. The standard InChI is InChI=1S/C10H15N3O2S.ClH/c14-16(15,10-4-2-5-11-8-10)13-7-9-3-1-6-12-9;/h2,4-5,8-9,12-13H,1,3,6-7H2;1H. The zero-order valence-electron chi connectivity index (χ0n) is 9.30. The van der Waals surface area contributed by atoms with Crippen LogP contribution in [0.5, 0.6) is 0 Å². The van der Waals surface area contributed by atoms with Gasteiger partial charge in [0.15, 0.2) is 0 Å². The Kier molecular flexibility index (Phi) is 5.32. The zero-order valence-corrected chi connectivity index (χ0v) is 10.9. The Bertz CT molecular complexity index is 432. The van der Waals surface area contributed by atoms with Crippen LogP contribution >= 0.6 is 12.4 Å². The van der Waals surface area contributed by atoms with Gasteiger partial charge in [-0.1, -0.05) is 0 Å². The van der Waals surface area contributed by atoms with Crippen molar-refractivity contribution in [3.8, 4) is 0 Å². The smallest absolute Gasteiger partial charge is 0.242 e. The van der Waals surface area contributed by atoms with E-state index in [9.17, 15) is 8.42 Å². The fourth-order valence-electron chi connectivity index (χ4n) is 1.73. The third-order valence-electron chi connectivity index (χ3n) is 2.63. The summed E-state index contributed by atoms with van der Waals surface area (Å²) in [5.41, 5.74) is 0. The van der Waals surface area contributed by atoms with E-state index in [1.807, 2.05) is 0 Å². The number of sulfonamides is 1. The zero-order chi connectivity index (χ0) is 11.4. The van der Waals surface area contributed by atoms with Gasteiger partial charge in [-0.3, -0.25) is 4.98 Å². The Morgan fingerprint density at radius 2 is 2.35 bits per heavy atom. The highest BCUT2D eigenvalue weighted by Gasteiger charge is 2.18. The molecule has 0 bridgehead atoms. The second kappa shape index (κ2) is 6.30. The Morgan fingerprint density at radius 1 is 1.53 bits per heavy atom. The van der Waals surface area contributed by atoms with Crippen molar-refractivity contribution < 1.29 is 8.42 Å². The summed E-state index contributed by atoms with van der Waals surface area (Å²) >= 11 is 0. The van der Waals surface area contributed by atoms with Crippen LogP contribution in [-0.2, 0) is 10.0 Å². The van der Waals surface area contributed by atoms with E-state index >= 15 is 0 Å². The molecular formula is C10H16ClN3O2S. The number of pyridine rings is 1. The maximum absolute atomic E-state index is 11.8. The van der Waals surface area contributed by atoms with Gasteiger partial charge >= 0.3 is 0 Å². The second-order valence-electron chi connectivity index (χ2n) is 3.83. The topological polar surface area (TPSA) is 71.1 Å². The highest BCUT2D eigenvalue weighted by atomic mass is 35.5. The van der Waals surface area contributed by atoms with Crippen LogP contribution < -0.4 is 10.0 Å². The van der Waals surface area contributed by atoms with Gasteiger partial charge < -0.3 is 5.32 Å². The van der Waals surface area contributed by atoms with Crippen molar-refractivity contribution in [1.82, 2.24) is 15.0 Å². The predicted molar refractivity (Wildman–Crippen MR) is 67.7 cm³/mol. The quantitative estimate of drug-likeness (QED) is 0.842. The highest BCUT2D eigenvalue weighted by Crippen LogP contribution is 2.07. The van der Waals surface area contributed by atoms with E-state index in [0.717, 1.165) is 19.4 Å². The first-order valence-corrected chi connectivity index (χ1v) is 6.80. The van der Waals surface area contributed by atoms with Gasteiger partial charge in [0.2, 0.25) is 10.0 Å². The normalized spacial score (nSPS) is 19.9. The van der Waals surface area contributed by atoms with Crippen LogP contribution in [-0.4, -0.2) is 32.5 Å². The van der Waals surface area contributed by atoms with Crippen molar-refractivity contribution in [2.24, 2.45) is 0 Å². The average Bonchev–Trinajstić information content (AvgIpc) is 2.81. The van der Waals surface area contributed by atoms with Crippen molar-refractivity contribution >= 4 is 22.4 Å². The molecule has 1 atom stereocenters. The Hall–Kier alpha value is -0.690. The van der Waals surface area contributed by atoms with E-state index in [1.165, 1.54) is 12.3 Å². The molecule has 0 radical (unpaired) electrons. The van der Waals surface area contributed by atoms with Crippen molar-refractivity contribution in [3.63, 3.8) is 0 Å². The molecule has 0 aromatic carbocycles. The number of halogens is 1. The van der Waals surface area contributed by atoms with Crippen LogP contribution in [0.4, 0.5) is 0 Å². The van der Waals surface area contributed by atoms with Crippen LogP contribution in [0.1, 0.15) is 12.8 Å². The fraction of sp³-hybridized carbons (Fsp3) is 0.500. The number of aromatic nitrogens is 1. The van der Waals surface area contributed by atoms with Crippen molar-refractivity contribution in [2.45, 2.75) is 23.8 Å². The predicted octanol–water partition coefficient (Wildman–Crippen LogP) is 0.534. The van der Waals surface area contributed by atoms with Crippen LogP contribution in [0, 0.1) is 0 Å². The Balaban J connectivity index is 0.00000144. The number of hydrogen-bond donors (Lipinski definition) is 2. The molecule has 0 saturated carbocycles. The Labute approximate surface area is 107 Å². The van der Waals surface area contributed by atoms with Crippen LogP contribution in [0.3, 0.4) is 0 Å². The maximum Gasteiger partial charge on any atom is 0.242 e. The van der Waals surface area contributed by atoms with E-state index in [0.29, 0.717) is 6.54 Å². The summed E-state index contributed by atoms with van der Waals surface area (Å²) in [5, 5.41) is 3.24. The molecule has 2 rings (SSSR count). The third-order valence-corrected chi connectivity index (χ3v) is 4.04. The van der Waals surface area contributed by atoms with Gasteiger partial charge in [0.05, 0.1) is 0 Å². The molecule has 5 nitrogen and oxygen atoms in total. The van der Waals surface area contributed by atoms with Gasteiger partial charge in [0.1, 0.15) is 4.90 Å². The van der Waals surface area contributed by atoms with Crippen LogP contribution in [0.15, 0.2) is 29.4 Å². The number of hydrogen-bond acceptors (Lipinski definition) is 4. The summed E-state index contributed by atoms with van der Waals surface area (Å²) in [6.07, 6.45) is 5.04.